The Morgan fingerprint density at radius 2 is 1.81 bits per heavy atom. The average Bonchev–Trinajstić information content (AvgIpc) is 2.63. The lowest BCUT2D eigenvalue weighted by atomic mass is 10.2. The molecule has 0 saturated carbocycles. The molecule has 2 N–H and O–H groups in total. The summed E-state index contributed by atoms with van der Waals surface area (Å²) in [6, 6.07) is 14.0. The van der Waals surface area contributed by atoms with Crippen LogP contribution in [-0.4, -0.2) is 24.4 Å². The fraction of sp³-hybridized carbons (Fsp3) is 0.150. The second-order valence-corrected chi connectivity index (χ2v) is 6.15. The van der Waals surface area contributed by atoms with Gasteiger partial charge >= 0.3 is 5.97 Å². The number of hydrogen-bond acceptors (Lipinski definition) is 4. The summed E-state index contributed by atoms with van der Waals surface area (Å²) in [7, 11) is 0. The molecule has 0 spiro atoms. The number of rotatable bonds is 6. The Hall–Kier alpha value is -3.12. The minimum absolute atomic E-state index is 0.0557. The van der Waals surface area contributed by atoms with Crippen LogP contribution in [0.5, 0.6) is 0 Å². The summed E-state index contributed by atoms with van der Waals surface area (Å²) in [6.07, 6.45) is 1.47. The number of halogens is 1. The highest BCUT2D eigenvalue weighted by Gasteiger charge is 2.15. The minimum atomic E-state index is -0.814. The Bertz CT molecular complexity index is 879. The Kier molecular flexibility index (Phi) is 7.14. The van der Waals surface area contributed by atoms with E-state index in [1.54, 1.807) is 42.5 Å². The molecule has 27 heavy (non-hydrogen) atoms. The zero-order valence-corrected chi connectivity index (χ0v) is 15.7. The standard InChI is InChI=1S/C20H19ClN2O4/c1-13-8-9-16(11-17(13)21)23-19(25)12-27-20(26)18(22-14(2)24)10-15-6-4-3-5-7-15/h3-11H,12H2,1-2H3,(H,22,24)(H,23,25)/b18-10-. The van der Waals surface area contributed by atoms with Crippen molar-refractivity contribution < 1.29 is 19.1 Å². The lowest BCUT2D eigenvalue weighted by Crippen LogP contribution is -2.28. The number of aryl methyl sites for hydroxylation is 1. The summed E-state index contributed by atoms with van der Waals surface area (Å²) in [5.74, 6) is -1.76. The lowest BCUT2D eigenvalue weighted by molar-refractivity contribution is -0.144. The van der Waals surface area contributed by atoms with Gasteiger partial charge in [-0.3, -0.25) is 9.59 Å². The Balaban J connectivity index is 2.00. The van der Waals surface area contributed by atoms with E-state index in [4.69, 9.17) is 16.3 Å². The lowest BCUT2D eigenvalue weighted by Gasteiger charge is -2.10. The monoisotopic (exact) mass is 386 g/mol. The number of carbonyl (C=O) groups excluding carboxylic acids is 3. The molecule has 6 nitrogen and oxygen atoms in total. The fourth-order valence-electron chi connectivity index (χ4n) is 2.13. The maximum atomic E-state index is 12.2. The molecular formula is C20H19ClN2O4. The number of nitrogens with one attached hydrogen (secondary N) is 2. The molecule has 0 heterocycles. The first-order chi connectivity index (χ1) is 12.8. The molecule has 7 heteroatoms. The molecule has 0 aliphatic carbocycles. The van der Waals surface area contributed by atoms with E-state index in [0.717, 1.165) is 5.56 Å². The topological polar surface area (TPSA) is 84.5 Å². The van der Waals surface area contributed by atoms with Crippen LogP contribution in [0.3, 0.4) is 0 Å². The van der Waals surface area contributed by atoms with Crippen LogP contribution in [0.2, 0.25) is 5.02 Å². The molecule has 0 radical (unpaired) electrons. The number of esters is 1. The molecule has 0 unspecified atom stereocenters. The van der Waals surface area contributed by atoms with E-state index in [2.05, 4.69) is 10.6 Å². The number of anilines is 1. The van der Waals surface area contributed by atoms with Gasteiger partial charge in [-0.1, -0.05) is 48.0 Å². The van der Waals surface area contributed by atoms with Gasteiger partial charge in [-0.25, -0.2) is 4.79 Å². The molecule has 2 amide bonds. The van der Waals surface area contributed by atoms with Crippen LogP contribution in [0.25, 0.3) is 6.08 Å². The first kappa shape index (κ1) is 20.2. The summed E-state index contributed by atoms with van der Waals surface area (Å²) in [4.78, 5) is 35.5. The van der Waals surface area contributed by atoms with Crippen LogP contribution < -0.4 is 10.6 Å². The SMILES string of the molecule is CC(=O)N/C(=C\c1ccccc1)C(=O)OCC(=O)Nc1ccc(C)c(Cl)c1. The van der Waals surface area contributed by atoms with Crippen molar-refractivity contribution in [2.24, 2.45) is 0 Å². The number of hydrogen-bond donors (Lipinski definition) is 2. The number of ether oxygens (including phenoxy) is 1. The number of benzene rings is 2. The van der Waals surface area contributed by atoms with Gasteiger partial charge in [0.25, 0.3) is 5.91 Å². The highest BCUT2D eigenvalue weighted by atomic mass is 35.5. The zero-order valence-electron chi connectivity index (χ0n) is 14.9. The third-order valence-corrected chi connectivity index (χ3v) is 3.84. The van der Waals surface area contributed by atoms with Gasteiger partial charge < -0.3 is 15.4 Å². The van der Waals surface area contributed by atoms with Gasteiger partial charge in [0.05, 0.1) is 0 Å². The molecule has 0 bridgehead atoms. The van der Waals surface area contributed by atoms with Crippen LogP contribution in [0, 0.1) is 6.92 Å². The third-order valence-electron chi connectivity index (χ3n) is 3.43. The second-order valence-electron chi connectivity index (χ2n) is 5.74. The fourth-order valence-corrected chi connectivity index (χ4v) is 2.31. The predicted octanol–water partition coefficient (Wildman–Crippen LogP) is 3.31. The van der Waals surface area contributed by atoms with Gasteiger partial charge in [-0.05, 0) is 36.3 Å². The van der Waals surface area contributed by atoms with Crippen LogP contribution in [0.15, 0.2) is 54.2 Å². The van der Waals surface area contributed by atoms with Crippen molar-refractivity contribution in [3.63, 3.8) is 0 Å². The molecule has 140 valence electrons. The van der Waals surface area contributed by atoms with E-state index < -0.39 is 24.4 Å². The second kappa shape index (κ2) is 9.54. The first-order valence-electron chi connectivity index (χ1n) is 8.12. The summed E-state index contributed by atoms with van der Waals surface area (Å²) in [5, 5.41) is 5.52. The maximum absolute atomic E-state index is 12.2. The quantitative estimate of drug-likeness (QED) is 0.589. The highest BCUT2D eigenvalue weighted by Crippen LogP contribution is 2.19. The van der Waals surface area contributed by atoms with Crippen molar-refractivity contribution in [1.29, 1.82) is 0 Å². The maximum Gasteiger partial charge on any atom is 0.355 e. The van der Waals surface area contributed by atoms with Gasteiger partial charge in [-0.15, -0.1) is 0 Å². The summed E-state index contributed by atoms with van der Waals surface area (Å²) < 4.78 is 5.00. The summed E-state index contributed by atoms with van der Waals surface area (Å²) >= 11 is 6.01. The van der Waals surface area contributed by atoms with Crippen molar-refractivity contribution in [2.75, 3.05) is 11.9 Å². The molecule has 2 aromatic rings. The van der Waals surface area contributed by atoms with Crippen molar-refractivity contribution in [3.05, 3.63) is 70.4 Å². The molecule has 0 aliphatic rings. The van der Waals surface area contributed by atoms with Crippen molar-refractivity contribution >= 4 is 41.1 Å². The summed E-state index contributed by atoms with van der Waals surface area (Å²) in [5.41, 5.74) is 2.03. The molecule has 0 aliphatic heterocycles. The van der Waals surface area contributed by atoms with Crippen LogP contribution in [0.4, 0.5) is 5.69 Å². The van der Waals surface area contributed by atoms with E-state index in [-0.39, 0.29) is 5.70 Å². The molecule has 0 saturated heterocycles. The average molecular weight is 387 g/mol. The van der Waals surface area contributed by atoms with E-state index in [1.807, 2.05) is 13.0 Å². The predicted molar refractivity (Wildman–Crippen MR) is 104 cm³/mol. The first-order valence-corrected chi connectivity index (χ1v) is 8.50. The smallest absolute Gasteiger partial charge is 0.355 e. The highest BCUT2D eigenvalue weighted by molar-refractivity contribution is 6.31. The van der Waals surface area contributed by atoms with E-state index in [1.165, 1.54) is 13.0 Å². The van der Waals surface area contributed by atoms with Gasteiger partial charge in [0.1, 0.15) is 5.70 Å². The largest absolute Gasteiger partial charge is 0.451 e. The third kappa shape index (κ3) is 6.60. The van der Waals surface area contributed by atoms with Gasteiger partial charge in [0.15, 0.2) is 6.61 Å². The Morgan fingerprint density at radius 1 is 1.11 bits per heavy atom. The van der Waals surface area contributed by atoms with Crippen molar-refractivity contribution in [2.45, 2.75) is 13.8 Å². The number of carbonyl (C=O) groups is 3. The normalized spacial score (nSPS) is 10.9. The van der Waals surface area contributed by atoms with Crippen LogP contribution in [0.1, 0.15) is 18.1 Å². The summed E-state index contributed by atoms with van der Waals surface area (Å²) in [6.45, 7) is 2.62. The van der Waals surface area contributed by atoms with Crippen LogP contribution in [-0.2, 0) is 19.1 Å². The number of amides is 2. The molecular weight excluding hydrogens is 368 g/mol. The minimum Gasteiger partial charge on any atom is -0.451 e. The van der Waals surface area contributed by atoms with Gasteiger partial charge in [-0.2, -0.15) is 0 Å². The molecule has 0 atom stereocenters. The Morgan fingerprint density at radius 3 is 2.44 bits per heavy atom. The Labute approximate surface area is 162 Å². The van der Waals surface area contributed by atoms with Gasteiger partial charge in [0.2, 0.25) is 5.91 Å². The van der Waals surface area contributed by atoms with Crippen molar-refractivity contribution in [1.82, 2.24) is 5.32 Å². The van der Waals surface area contributed by atoms with E-state index in [0.29, 0.717) is 16.3 Å². The van der Waals surface area contributed by atoms with Crippen LogP contribution >= 0.6 is 11.6 Å². The molecule has 2 aromatic carbocycles. The van der Waals surface area contributed by atoms with Crippen molar-refractivity contribution in [3.8, 4) is 0 Å². The van der Waals surface area contributed by atoms with E-state index in [9.17, 15) is 14.4 Å². The van der Waals surface area contributed by atoms with E-state index >= 15 is 0 Å². The van der Waals surface area contributed by atoms with Gasteiger partial charge in [0, 0.05) is 17.6 Å². The molecule has 2 rings (SSSR count). The zero-order chi connectivity index (χ0) is 19.8. The molecule has 0 aromatic heterocycles. The molecule has 0 fully saturated rings.